The molecule has 1 radical (unpaired) electrons. The van der Waals surface area contributed by atoms with E-state index in [2.05, 4.69) is 6.92 Å². The summed E-state index contributed by atoms with van der Waals surface area (Å²) in [6, 6.07) is 0. The molecule has 12 heavy (non-hydrogen) atoms. The number of benzene rings is 1. The average molecular weight is 198 g/mol. The van der Waals surface area contributed by atoms with Crippen molar-refractivity contribution in [1.82, 2.24) is 0 Å². The summed E-state index contributed by atoms with van der Waals surface area (Å²) in [7, 11) is 0. The van der Waals surface area contributed by atoms with Crippen LogP contribution in [0, 0.1) is 30.2 Å². The quantitative estimate of drug-likeness (QED) is 0.341. The van der Waals surface area contributed by atoms with Gasteiger partial charge in [0.2, 0.25) is 0 Å². The highest BCUT2D eigenvalue weighted by Crippen LogP contribution is 2.26. The molecule has 0 amide bonds. The van der Waals surface area contributed by atoms with Crippen LogP contribution in [0.1, 0.15) is 5.56 Å². The maximum Gasteiger partial charge on any atom is 0.196 e. The molecule has 0 aromatic heterocycles. The average Bonchev–Trinajstić information content (AvgIpc) is 2.08. The minimum Gasteiger partial charge on any atom is -0.205 e. The van der Waals surface area contributed by atoms with Gasteiger partial charge in [0.25, 0.3) is 0 Å². The van der Waals surface area contributed by atoms with Gasteiger partial charge in [-0.25, -0.2) is 17.6 Å². The van der Waals surface area contributed by atoms with Crippen LogP contribution in [-0.2, 0) is 0 Å². The summed E-state index contributed by atoms with van der Waals surface area (Å²) in [5, 5.41) is -1.08. The Labute approximate surface area is 70.8 Å². The van der Waals surface area contributed by atoms with E-state index in [4.69, 9.17) is 11.6 Å². The van der Waals surface area contributed by atoms with Crippen molar-refractivity contribution in [2.45, 2.75) is 0 Å². The number of hydrogen-bond acceptors (Lipinski definition) is 0. The number of hydrogen-bond donors (Lipinski definition) is 0. The first-order valence-corrected chi connectivity index (χ1v) is 3.18. The number of rotatable bonds is 0. The van der Waals surface area contributed by atoms with Gasteiger partial charge in [-0.05, 0) is 6.92 Å². The molecule has 0 atom stereocenters. The molecule has 0 bridgehead atoms. The van der Waals surface area contributed by atoms with Crippen LogP contribution < -0.4 is 0 Å². The smallest absolute Gasteiger partial charge is 0.196 e. The summed E-state index contributed by atoms with van der Waals surface area (Å²) in [5.74, 6) is -6.59. The molecule has 0 heterocycles. The molecule has 0 aliphatic heterocycles. The van der Waals surface area contributed by atoms with Crippen LogP contribution in [0.4, 0.5) is 17.6 Å². The summed E-state index contributed by atoms with van der Waals surface area (Å²) >= 11 is 4.96. The van der Waals surface area contributed by atoms with Crippen molar-refractivity contribution in [2.24, 2.45) is 0 Å². The second-order valence-corrected chi connectivity index (χ2v) is 2.43. The van der Waals surface area contributed by atoms with Gasteiger partial charge in [0.15, 0.2) is 23.3 Å². The molecule has 1 rings (SSSR count). The van der Waals surface area contributed by atoms with Crippen LogP contribution in [0.15, 0.2) is 0 Å². The van der Waals surface area contributed by atoms with Crippen LogP contribution in [0.25, 0.3) is 0 Å². The molecule has 0 aliphatic carbocycles. The van der Waals surface area contributed by atoms with E-state index in [-0.39, 0.29) is 0 Å². The lowest BCUT2D eigenvalue weighted by Crippen LogP contribution is -1.99. The lowest BCUT2D eigenvalue weighted by molar-refractivity contribution is 0.431. The lowest BCUT2D eigenvalue weighted by Gasteiger charge is -2.03. The molecule has 1 aromatic carbocycles. The van der Waals surface area contributed by atoms with Gasteiger partial charge in [-0.1, -0.05) is 11.6 Å². The van der Waals surface area contributed by atoms with E-state index in [0.29, 0.717) is 0 Å². The molecule has 0 N–H and O–H groups in total. The maximum atomic E-state index is 12.6. The molecule has 0 spiro atoms. The maximum absolute atomic E-state index is 12.6. The Bertz CT molecular complexity index is 230. The topological polar surface area (TPSA) is 0 Å². The van der Waals surface area contributed by atoms with E-state index < -0.39 is 33.9 Å². The zero-order valence-electron chi connectivity index (χ0n) is 5.60. The van der Waals surface area contributed by atoms with Gasteiger partial charge < -0.3 is 0 Å². The number of halogens is 5. The fraction of sp³-hybridized carbons (Fsp3) is 0. The molecule has 5 heteroatoms. The Morgan fingerprint density at radius 1 is 0.833 bits per heavy atom. The van der Waals surface area contributed by atoms with Gasteiger partial charge in [0.1, 0.15) is 5.02 Å². The second kappa shape index (κ2) is 2.94. The molecule has 0 fully saturated rings. The molecule has 0 saturated heterocycles. The minimum atomic E-state index is -1.81. The van der Waals surface area contributed by atoms with E-state index in [9.17, 15) is 17.6 Å². The second-order valence-electron chi connectivity index (χ2n) is 2.05. The van der Waals surface area contributed by atoms with Crippen LogP contribution in [-0.4, -0.2) is 0 Å². The third kappa shape index (κ3) is 1.16. The van der Waals surface area contributed by atoms with Crippen molar-refractivity contribution in [3.8, 4) is 0 Å². The predicted octanol–water partition coefficient (Wildman–Crippen LogP) is 3.08. The van der Waals surface area contributed by atoms with Crippen molar-refractivity contribution < 1.29 is 17.6 Å². The monoisotopic (exact) mass is 197 g/mol. The highest BCUT2D eigenvalue weighted by atomic mass is 35.5. The van der Waals surface area contributed by atoms with Gasteiger partial charge in [-0.15, -0.1) is 0 Å². The zero-order valence-corrected chi connectivity index (χ0v) is 6.35. The van der Waals surface area contributed by atoms with Gasteiger partial charge >= 0.3 is 0 Å². The van der Waals surface area contributed by atoms with Crippen molar-refractivity contribution in [1.29, 1.82) is 0 Å². The molecular formula is C7H2ClF4. The van der Waals surface area contributed by atoms with Gasteiger partial charge in [0, 0.05) is 5.56 Å². The first-order chi connectivity index (χ1) is 5.46. The Balaban J connectivity index is 3.60. The highest BCUT2D eigenvalue weighted by molar-refractivity contribution is 6.31. The standard InChI is InChI=1S/C7H2ClF4/c1-2-4(9)3(8)6(11)7(12)5(2)10/h1H2. The first kappa shape index (κ1) is 9.32. The molecule has 1 aromatic rings. The van der Waals surface area contributed by atoms with Crippen molar-refractivity contribution in [2.75, 3.05) is 0 Å². The molecule has 0 nitrogen and oxygen atoms in total. The first-order valence-electron chi connectivity index (χ1n) is 2.80. The molecular weight excluding hydrogens is 196 g/mol. The van der Waals surface area contributed by atoms with E-state index in [1.807, 2.05) is 0 Å². The van der Waals surface area contributed by atoms with Crippen LogP contribution >= 0.6 is 11.6 Å². The molecule has 0 aliphatic rings. The fourth-order valence-corrected chi connectivity index (χ4v) is 0.847. The summed E-state index contributed by atoms with van der Waals surface area (Å²) < 4.78 is 49.9. The van der Waals surface area contributed by atoms with Crippen molar-refractivity contribution in [3.05, 3.63) is 40.8 Å². The molecule has 0 unspecified atom stereocenters. The fourth-order valence-electron chi connectivity index (χ4n) is 0.650. The van der Waals surface area contributed by atoms with E-state index in [1.54, 1.807) is 0 Å². The highest BCUT2D eigenvalue weighted by Gasteiger charge is 2.21. The largest absolute Gasteiger partial charge is 0.205 e. The third-order valence-corrected chi connectivity index (χ3v) is 1.63. The zero-order chi connectivity index (χ0) is 9.46. The molecule has 0 saturated carbocycles. The van der Waals surface area contributed by atoms with Crippen molar-refractivity contribution >= 4 is 11.6 Å². The predicted molar refractivity (Wildman–Crippen MR) is 35.7 cm³/mol. The van der Waals surface area contributed by atoms with E-state index >= 15 is 0 Å². The normalized spacial score (nSPS) is 10.5. The Morgan fingerprint density at radius 3 is 1.83 bits per heavy atom. The van der Waals surface area contributed by atoms with Crippen molar-refractivity contribution in [3.63, 3.8) is 0 Å². The third-order valence-electron chi connectivity index (χ3n) is 1.30. The Hall–Kier alpha value is -0.770. The van der Waals surface area contributed by atoms with Gasteiger partial charge in [-0.2, -0.15) is 0 Å². The molecule has 65 valence electrons. The summed E-state index contributed by atoms with van der Waals surface area (Å²) in [4.78, 5) is 0. The Morgan fingerprint density at radius 2 is 1.33 bits per heavy atom. The summed E-state index contributed by atoms with van der Waals surface area (Å²) in [6.45, 7) is 2.84. The summed E-state index contributed by atoms with van der Waals surface area (Å²) in [5.41, 5.74) is -0.876. The van der Waals surface area contributed by atoms with Crippen LogP contribution in [0.2, 0.25) is 5.02 Å². The minimum absolute atomic E-state index is 0.876. The lowest BCUT2D eigenvalue weighted by atomic mass is 10.2. The van der Waals surface area contributed by atoms with E-state index in [1.165, 1.54) is 0 Å². The van der Waals surface area contributed by atoms with Gasteiger partial charge in [-0.3, -0.25) is 0 Å². The Kier molecular flexibility index (Phi) is 2.28. The van der Waals surface area contributed by atoms with E-state index in [0.717, 1.165) is 0 Å². The van der Waals surface area contributed by atoms with Crippen LogP contribution in [0.3, 0.4) is 0 Å². The summed E-state index contributed by atoms with van der Waals surface area (Å²) in [6.07, 6.45) is 0. The van der Waals surface area contributed by atoms with Crippen LogP contribution in [0.5, 0.6) is 0 Å². The van der Waals surface area contributed by atoms with Gasteiger partial charge in [0.05, 0.1) is 0 Å². The SMILES string of the molecule is [CH2]c1c(F)c(F)c(F)c(Cl)c1F.